The van der Waals surface area contributed by atoms with Crippen molar-refractivity contribution in [3.05, 3.63) is 35.9 Å². The maximum Gasteiger partial charge on any atom is 0.251 e. The number of piperidine rings is 1. The van der Waals surface area contributed by atoms with Gasteiger partial charge in [-0.2, -0.15) is 0 Å². The molecule has 0 radical (unpaired) electrons. The van der Waals surface area contributed by atoms with Gasteiger partial charge in [0, 0.05) is 37.2 Å². The molecule has 0 spiro atoms. The van der Waals surface area contributed by atoms with Gasteiger partial charge in [0.1, 0.15) is 0 Å². The fraction of sp³-hybridized carbons (Fsp3) is 0.679. The van der Waals surface area contributed by atoms with Gasteiger partial charge in [-0.05, 0) is 44.2 Å². The van der Waals surface area contributed by atoms with Crippen LogP contribution in [0.1, 0.15) is 101 Å². The highest BCUT2D eigenvalue weighted by Crippen LogP contribution is 2.22. The van der Waals surface area contributed by atoms with E-state index in [1.807, 2.05) is 35.2 Å². The van der Waals surface area contributed by atoms with Crippen molar-refractivity contribution in [1.29, 1.82) is 0 Å². The van der Waals surface area contributed by atoms with Crippen molar-refractivity contribution in [2.45, 2.75) is 102 Å². The second-order valence-corrected chi connectivity index (χ2v) is 10.0. The Morgan fingerprint density at radius 2 is 1.53 bits per heavy atom. The molecule has 1 saturated carbocycles. The zero-order valence-electron chi connectivity index (χ0n) is 20.9. The third-order valence-corrected chi connectivity index (χ3v) is 7.34. The van der Waals surface area contributed by atoms with E-state index in [1.165, 1.54) is 25.7 Å². The van der Waals surface area contributed by atoms with Crippen LogP contribution in [0.25, 0.3) is 0 Å². The molecule has 2 fully saturated rings. The molecule has 1 aromatic rings. The summed E-state index contributed by atoms with van der Waals surface area (Å²) < 4.78 is 0. The van der Waals surface area contributed by atoms with Crippen LogP contribution in [0.15, 0.2) is 30.3 Å². The molecule has 3 rings (SSSR count). The fourth-order valence-corrected chi connectivity index (χ4v) is 5.25. The SMILES string of the molecule is CCCCCCCCC(=O)N1CCC[C@@H](C(=O)N[C@@H]2CCCC[C@H]2NC(=O)c2ccccc2)C1. The maximum atomic E-state index is 13.1. The van der Waals surface area contributed by atoms with Gasteiger partial charge in [-0.15, -0.1) is 0 Å². The number of carbonyl (C=O) groups excluding carboxylic acids is 3. The van der Waals surface area contributed by atoms with Crippen molar-refractivity contribution in [3.63, 3.8) is 0 Å². The van der Waals surface area contributed by atoms with Crippen molar-refractivity contribution in [1.82, 2.24) is 15.5 Å². The Bertz CT molecular complexity index is 782. The zero-order valence-corrected chi connectivity index (χ0v) is 20.9. The van der Waals surface area contributed by atoms with E-state index in [-0.39, 0.29) is 35.7 Å². The number of hydrogen-bond acceptors (Lipinski definition) is 3. The first-order valence-corrected chi connectivity index (χ1v) is 13.5. The molecule has 1 saturated heterocycles. The lowest BCUT2D eigenvalue weighted by molar-refractivity contribution is -0.136. The quantitative estimate of drug-likeness (QED) is 0.456. The summed E-state index contributed by atoms with van der Waals surface area (Å²) in [6.07, 6.45) is 13.2. The Morgan fingerprint density at radius 1 is 0.853 bits per heavy atom. The molecule has 3 atom stereocenters. The minimum atomic E-state index is -0.158. The molecule has 6 heteroatoms. The molecule has 1 aliphatic carbocycles. The summed E-state index contributed by atoms with van der Waals surface area (Å²) in [6, 6.07) is 9.12. The number of nitrogens with zero attached hydrogens (tertiary/aromatic N) is 1. The lowest BCUT2D eigenvalue weighted by Crippen LogP contribution is -2.55. The van der Waals surface area contributed by atoms with E-state index in [0.717, 1.165) is 57.9 Å². The van der Waals surface area contributed by atoms with Gasteiger partial charge in [0.05, 0.1) is 5.92 Å². The minimum Gasteiger partial charge on any atom is -0.351 e. The van der Waals surface area contributed by atoms with Crippen molar-refractivity contribution in [3.8, 4) is 0 Å². The highest BCUT2D eigenvalue weighted by atomic mass is 16.2. The molecular weight excluding hydrogens is 426 g/mol. The van der Waals surface area contributed by atoms with Crippen molar-refractivity contribution in [2.24, 2.45) is 5.92 Å². The third kappa shape index (κ3) is 8.14. The lowest BCUT2D eigenvalue weighted by Gasteiger charge is -2.36. The molecular formula is C28H43N3O3. The first kappa shape index (κ1) is 26.2. The van der Waals surface area contributed by atoms with E-state index >= 15 is 0 Å². The summed E-state index contributed by atoms with van der Waals surface area (Å²) in [6.45, 7) is 3.49. The zero-order chi connectivity index (χ0) is 24.2. The first-order valence-electron chi connectivity index (χ1n) is 13.5. The summed E-state index contributed by atoms with van der Waals surface area (Å²) in [5.41, 5.74) is 0.643. The highest BCUT2D eigenvalue weighted by molar-refractivity contribution is 5.94. The normalized spacial score (nSPS) is 22.7. The molecule has 0 bridgehead atoms. The van der Waals surface area contributed by atoms with Gasteiger partial charge in [0.15, 0.2) is 0 Å². The summed E-state index contributed by atoms with van der Waals surface area (Å²) in [7, 11) is 0. The van der Waals surface area contributed by atoms with Crippen LogP contribution >= 0.6 is 0 Å². The molecule has 1 aliphatic heterocycles. The Labute approximate surface area is 205 Å². The van der Waals surface area contributed by atoms with Crippen LogP contribution in [0.4, 0.5) is 0 Å². The van der Waals surface area contributed by atoms with E-state index in [2.05, 4.69) is 17.6 Å². The van der Waals surface area contributed by atoms with Crippen LogP contribution in [-0.4, -0.2) is 47.8 Å². The fourth-order valence-electron chi connectivity index (χ4n) is 5.25. The molecule has 1 aromatic carbocycles. The number of benzene rings is 1. The number of likely N-dealkylation sites (tertiary alicyclic amines) is 1. The highest BCUT2D eigenvalue weighted by Gasteiger charge is 2.33. The van der Waals surface area contributed by atoms with Gasteiger partial charge < -0.3 is 15.5 Å². The Morgan fingerprint density at radius 3 is 2.26 bits per heavy atom. The van der Waals surface area contributed by atoms with Crippen molar-refractivity contribution < 1.29 is 14.4 Å². The van der Waals surface area contributed by atoms with Crippen molar-refractivity contribution >= 4 is 17.7 Å². The molecule has 3 amide bonds. The van der Waals surface area contributed by atoms with Crippen LogP contribution in [0, 0.1) is 5.92 Å². The topological polar surface area (TPSA) is 78.5 Å². The predicted octanol–water partition coefficient (Wildman–Crippen LogP) is 4.83. The van der Waals surface area contributed by atoms with Gasteiger partial charge >= 0.3 is 0 Å². The second kappa shape index (κ2) is 14.1. The standard InChI is InChI=1S/C28H43N3O3/c1-2-3-4-5-6-10-19-26(32)31-20-13-16-23(21-31)28(34)30-25-18-12-11-17-24(25)29-27(33)22-14-8-7-9-15-22/h7-9,14-15,23-25H,2-6,10-13,16-21H2,1H3,(H,29,33)(H,30,34)/t23-,24-,25-/m1/s1. The molecule has 0 unspecified atom stereocenters. The van der Waals surface area contributed by atoms with Gasteiger partial charge in [0.2, 0.25) is 11.8 Å². The summed E-state index contributed by atoms with van der Waals surface area (Å²) in [4.78, 5) is 40.4. The number of amides is 3. The number of nitrogens with one attached hydrogen (secondary N) is 2. The van der Waals surface area contributed by atoms with E-state index < -0.39 is 0 Å². The lowest BCUT2D eigenvalue weighted by atomic mass is 9.88. The molecule has 2 aliphatic rings. The Kier molecular flexibility index (Phi) is 10.9. The minimum absolute atomic E-state index is 0.0305. The molecule has 0 aromatic heterocycles. The van der Waals surface area contributed by atoms with E-state index in [0.29, 0.717) is 18.5 Å². The van der Waals surface area contributed by atoms with Crippen LogP contribution in [-0.2, 0) is 9.59 Å². The van der Waals surface area contributed by atoms with Crippen LogP contribution in [0.3, 0.4) is 0 Å². The van der Waals surface area contributed by atoms with Gasteiger partial charge in [-0.3, -0.25) is 14.4 Å². The summed E-state index contributed by atoms with van der Waals surface area (Å²) in [5.74, 6) is -0.0212. The van der Waals surface area contributed by atoms with Crippen LogP contribution in [0.2, 0.25) is 0 Å². The van der Waals surface area contributed by atoms with Crippen LogP contribution in [0.5, 0.6) is 0 Å². The molecule has 6 nitrogen and oxygen atoms in total. The maximum absolute atomic E-state index is 13.1. The van der Waals surface area contributed by atoms with Gasteiger partial charge in [-0.1, -0.05) is 70.1 Å². The third-order valence-electron chi connectivity index (χ3n) is 7.34. The average molecular weight is 470 g/mol. The molecule has 188 valence electrons. The second-order valence-electron chi connectivity index (χ2n) is 10.0. The molecule has 34 heavy (non-hydrogen) atoms. The van der Waals surface area contributed by atoms with Crippen molar-refractivity contribution in [2.75, 3.05) is 13.1 Å². The summed E-state index contributed by atoms with van der Waals surface area (Å²) in [5, 5.41) is 6.38. The Balaban J connectivity index is 1.46. The summed E-state index contributed by atoms with van der Waals surface area (Å²) >= 11 is 0. The largest absolute Gasteiger partial charge is 0.351 e. The van der Waals surface area contributed by atoms with E-state index in [4.69, 9.17) is 0 Å². The van der Waals surface area contributed by atoms with E-state index in [9.17, 15) is 14.4 Å². The number of carbonyl (C=O) groups is 3. The van der Waals surface area contributed by atoms with Crippen LogP contribution < -0.4 is 10.6 Å². The van der Waals surface area contributed by atoms with Gasteiger partial charge in [-0.25, -0.2) is 0 Å². The number of hydrogen-bond donors (Lipinski definition) is 2. The average Bonchev–Trinajstić information content (AvgIpc) is 2.87. The molecule has 2 N–H and O–H groups in total. The monoisotopic (exact) mass is 469 g/mol. The predicted molar refractivity (Wildman–Crippen MR) is 135 cm³/mol. The first-order chi connectivity index (χ1) is 16.6. The molecule has 1 heterocycles. The smallest absolute Gasteiger partial charge is 0.251 e. The number of unbranched alkanes of at least 4 members (excludes halogenated alkanes) is 5. The van der Waals surface area contributed by atoms with E-state index in [1.54, 1.807) is 0 Å². The number of rotatable bonds is 11. The Hall–Kier alpha value is -2.37. The van der Waals surface area contributed by atoms with Gasteiger partial charge in [0.25, 0.3) is 5.91 Å².